The third-order valence-corrected chi connectivity index (χ3v) is 2.91. The van der Waals surface area contributed by atoms with Gasteiger partial charge in [-0.2, -0.15) is 0 Å². The molecular weight excluding hydrogens is 268 g/mol. The van der Waals surface area contributed by atoms with Crippen LogP contribution in [0, 0.1) is 0 Å². The first-order valence-corrected chi connectivity index (χ1v) is 7.09. The van der Waals surface area contributed by atoms with Gasteiger partial charge in [0.05, 0.1) is 12.7 Å². The highest BCUT2D eigenvalue weighted by atomic mass is 16.5. The number of nitrogens with zero attached hydrogens (tertiary/aromatic N) is 3. The van der Waals surface area contributed by atoms with Gasteiger partial charge in [0.1, 0.15) is 0 Å². The molecule has 0 atom stereocenters. The molecule has 112 valence electrons. The summed E-state index contributed by atoms with van der Waals surface area (Å²) in [6, 6.07) is 9.92. The molecule has 0 aliphatic rings. The van der Waals surface area contributed by atoms with E-state index in [2.05, 4.69) is 15.6 Å². The topological polar surface area (TPSA) is 69.0 Å². The molecule has 0 unspecified atom stereocenters. The van der Waals surface area contributed by atoms with Crippen LogP contribution in [0.15, 0.2) is 36.5 Å². The SMILES string of the molecule is CCOCCCNC(=O)c1cn(Cc2ccccc2)nn1. The van der Waals surface area contributed by atoms with Gasteiger partial charge in [-0.3, -0.25) is 4.79 Å². The van der Waals surface area contributed by atoms with Crippen LogP contribution in [-0.4, -0.2) is 40.7 Å². The third-order valence-electron chi connectivity index (χ3n) is 2.91. The lowest BCUT2D eigenvalue weighted by Crippen LogP contribution is -2.25. The summed E-state index contributed by atoms with van der Waals surface area (Å²) in [5.74, 6) is -0.203. The first kappa shape index (κ1) is 15.2. The molecule has 1 N–H and O–H groups in total. The molecule has 0 saturated heterocycles. The van der Waals surface area contributed by atoms with E-state index in [1.54, 1.807) is 10.9 Å². The quantitative estimate of drug-likeness (QED) is 0.747. The highest BCUT2D eigenvalue weighted by Crippen LogP contribution is 2.02. The number of ether oxygens (including phenoxy) is 1. The summed E-state index contributed by atoms with van der Waals surface area (Å²) >= 11 is 0. The first-order valence-electron chi connectivity index (χ1n) is 7.09. The predicted octanol–water partition coefficient (Wildman–Crippen LogP) is 1.48. The minimum absolute atomic E-state index is 0.203. The van der Waals surface area contributed by atoms with Crippen molar-refractivity contribution in [1.82, 2.24) is 20.3 Å². The molecule has 1 aromatic heterocycles. The van der Waals surface area contributed by atoms with Crippen molar-refractivity contribution < 1.29 is 9.53 Å². The Bertz CT molecular complexity index is 554. The zero-order chi connectivity index (χ0) is 14.9. The van der Waals surface area contributed by atoms with Crippen LogP contribution in [0.25, 0.3) is 0 Å². The van der Waals surface area contributed by atoms with E-state index in [4.69, 9.17) is 4.74 Å². The molecule has 21 heavy (non-hydrogen) atoms. The van der Waals surface area contributed by atoms with Crippen molar-refractivity contribution in [2.75, 3.05) is 19.8 Å². The van der Waals surface area contributed by atoms with Crippen molar-refractivity contribution in [3.05, 3.63) is 47.8 Å². The van der Waals surface area contributed by atoms with Crippen molar-refractivity contribution >= 4 is 5.91 Å². The summed E-state index contributed by atoms with van der Waals surface area (Å²) in [5, 5.41) is 10.7. The normalized spacial score (nSPS) is 10.5. The van der Waals surface area contributed by atoms with Gasteiger partial charge in [0, 0.05) is 19.8 Å². The molecule has 1 heterocycles. The van der Waals surface area contributed by atoms with E-state index >= 15 is 0 Å². The molecule has 1 aromatic carbocycles. The van der Waals surface area contributed by atoms with E-state index in [1.165, 1.54) is 0 Å². The van der Waals surface area contributed by atoms with Crippen LogP contribution in [0.5, 0.6) is 0 Å². The number of hydrogen-bond acceptors (Lipinski definition) is 4. The van der Waals surface area contributed by atoms with Gasteiger partial charge in [0.15, 0.2) is 5.69 Å². The third kappa shape index (κ3) is 5.00. The van der Waals surface area contributed by atoms with Gasteiger partial charge in [0.2, 0.25) is 0 Å². The molecule has 0 radical (unpaired) electrons. The number of carbonyl (C=O) groups is 1. The molecule has 0 aliphatic heterocycles. The Morgan fingerprint density at radius 3 is 2.90 bits per heavy atom. The Labute approximate surface area is 124 Å². The minimum atomic E-state index is -0.203. The summed E-state index contributed by atoms with van der Waals surface area (Å²) < 4.78 is 6.87. The fourth-order valence-electron chi connectivity index (χ4n) is 1.86. The Hall–Kier alpha value is -2.21. The van der Waals surface area contributed by atoms with E-state index in [1.807, 2.05) is 37.3 Å². The van der Waals surface area contributed by atoms with Gasteiger partial charge in [-0.25, -0.2) is 4.68 Å². The second-order valence-electron chi connectivity index (χ2n) is 4.59. The van der Waals surface area contributed by atoms with Gasteiger partial charge < -0.3 is 10.1 Å². The van der Waals surface area contributed by atoms with Crippen molar-refractivity contribution in [2.45, 2.75) is 19.9 Å². The summed E-state index contributed by atoms with van der Waals surface area (Å²) in [5.41, 5.74) is 1.45. The van der Waals surface area contributed by atoms with Crippen LogP contribution in [0.4, 0.5) is 0 Å². The van der Waals surface area contributed by atoms with Crippen molar-refractivity contribution in [2.24, 2.45) is 0 Å². The number of hydrogen-bond donors (Lipinski definition) is 1. The number of aromatic nitrogens is 3. The fraction of sp³-hybridized carbons (Fsp3) is 0.400. The molecule has 6 heteroatoms. The zero-order valence-corrected chi connectivity index (χ0v) is 12.2. The minimum Gasteiger partial charge on any atom is -0.382 e. The van der Waals surface area contributed by atoms with Crippen molar-refractivity contribution in [3.63, 3.8) is 0 Å². The van der Waals surface area contributed by atoms with E-state index in [-0.39, 0.29) is 5.91 Å². The molecule has 1 amide bonds. The number of amides is 1. The average molecular weight is 288 g/mol. The lowest BCUT2D eigenvalue weighted by atomic mass is 10.2. The zero-order valence-electron chi connectivity index (χ0n) is 12.2. The molecule has 6 nitrogen and oxygen atoms in total. The highest BCUT2D eigenvalue weighted by molar-refractivity contribution is 5.91. The standard InChI is InChI=1S/C15H20N4O2/c1-2-21-10-6-9-16-15(20)14-12-19(18-17-14)11-13-7-4-3-5-8-13/h3-5,7-8,12H,2,6,9-11H2,1H3,(H,16,20). The van der Waals surface area contributed by atoms with Gasteiger partial charge in [-0.05, 0) is 18.9 Å². The van der Waals surface area contributed by atoms with E-state index in [0.29, 0.717) is 32.0 Å². The van der Waals surface area contributed by atoms with Gasteiger partial charge in [-0.15, -0.1) is 5.10 Å². The van der Waals surface area contributed by atoms with Gasteiger partial charge in [-0.1, -0.05) is 35.5 Å². The molecule has 0 spiro atoms. The molecule has 0 aliphatic carbocycles. The molecule has 0 bridgehead atoms. The molecular formula is C15H20N4O2. The van der Waals surface area contributed by atoms with Crippen LogP contribution in [0.2, 0.25) is 0 Å². The fourth-order valence-corrected chi connectivity index (χ4v) is 1.86. The monoisotopic (exact) mass is 288 g/mol. The Morgan fingerprint density at radius 1 is 1.33 bits per heavy atom. The Kier molecular flexibility index (Phi) is 5.90. The van der Waals surface area contributed by atoms with E-state index < -0.39 is 0 Å². The maximum atomic E-state index is 11.9. The van der Waals surface area contributed by atoms with Gasteiger partial charge >= 0.3 is 0 Å². The second-order valence-corrected chi connectivity index (χ2v) is 4.59. The number of rotatable bonds is 8. The number of nitrogens with one attached hydrogen (secondary N) is 1. The Balaban J connectivity index is 1.80. The van der Waals surface area contributed by atoms with Crippen LogP contribution in [0.3, 0.4) is 0 Å². The second kappa shape index (κ2) is 8.16. The van der Waals surface area contributed by atoms with Crippen LogP contribution >= 0.6 is 0 Å². The molecule has 0 fully saturated rings. The maximum absolute atomic E-state index is 11.9. The van der Waals surface area contributed by atoms with Crippen molar-refractivity contribution in [3.8, 4) is 0 Å². The highest BCUT2D eigenvalue weighted by Gasteiger charge is 2.10. The molecule has 0 saturated carbocycles. The Morgan fingerprint density at radius 2 is 2.14 bits per heavy atom. The predicted molar refractivity (Wildman–Crippen MR) is 79.0 cm³/mol. The summed E-state index contributed by atoms with van der Waals surface area (Å²) in [6.45, 7) is 4.47. The molecule has 2 rings (SSSR count). The summed E-state index contributed by atoms with van der Waals surface area (Å²) in [7, 11) is 0. The summed E-state index contributed by atoms with van der Waals surface area (Å²) in [6.07, 6.45) is 2.45. The van der Waals surface area contributed by atoms with Crippen LogP contribution in [0.1, 0.15) is 29.4 Å². The number of benzene rings is 1. The van der Waals surface area contributed by atoms with Gasteiger partial charge in [0.25, 0.3) is 5.91 Å². The van der Waals surface area contributed by atoms with Crippen molar-refractivity contribution in [1.29, 1.82) is 0 Å². The van der Waals surface area contributed by atoms with Crippen LogP contribution in [-0.2, 0) is 11.3 Å². The van der Waals surface area contributed by atoms with E-state index in [0.717, 1.165) is 12.0 Å². The lowest BCUT2D eigenvalue weighted by Gasteiger charge is -2.02. The smallest absolute Gasteiger partial charge is 0.273 e. The first-order chi connectivity index (χ1) is 10.3. The number of carbonyl (C=O) groups excluding carboxylic acids is 1. The maximum Gasteiger partial charge on any atom is 0.273 e. The average Bonchev–Trinajstić information content (AvgIpc) is 2.96. The lowest BCUT2D eigenvalue weighted by molar-refractivity contribution is 0.0939. The molecule has 2 aromatic rings. The van der Waals surface area contributed by atoms with E-state index in [9.17, 15) is 4.79 Å². The van der Waals surface area contributed by atoms with Crippen LogP contribution < -0.4 is 5.32 Å². The largest absolute Gasteiger partial charge is 0.382 e. The summed E-state index contributed by atoms with van der Waals surface area (Å²) in [4.78, 5) is 11.9.